The Balaban J connectivity index is 4.45. The second-order valence-electron chi connectivity index (χ2n) is 12.6. The molecular formula is C39H69O10P. The second kappa shape index (κ2) is 35.3. The van der Waals surface area contributed by atoms with E-state index in [0.29, 0.717) is 12.8 Å². The van der Waals surface area contributed by atoms with E-state index < -0.39 is 51.8 Å². The largest absolute Gasteiger partial charge is 0.472 e. The van der Waals surface area contributed by atoms with Crippen molar-refractivity contribution in [3.8, 4) is 0 Å². The highest BCUT2D eigenvalue weighted by Gasteiger charge is 2.27. The van der Waals surface area contributed by atoms with E-state index in [0.717, 1.165) is 57.8 Å². The third-order valence-corrected chi connectivity index (χ3v) is 8.70. The van der Waals surface area contributed by atoms with E-state index in [4.69, 9.17) is 19.1 Å². The number of aliphatic hydroxyl groups is 2. The summed E-state index contributed by atoms with van der Waals surface area (Å²) >= 11 is 0. The average molecular weight is 729 g/mol. The molecule has 0 aromatic rings. The van der Waals surface area contributed by atoms with Crippen LogP contribution in [0.3, 0.4) is 0 Å². The molecule has 10 nitrogen and oxygen atoms in total. The molecule has 3 atom stereocenters. The summed E-state index contributed by atoms with van der Waals surface area (Å²) in [4.78, 5) is 34.8. The fourth-order valence-electron chi connectivity index (χ4n) is 4.81. The number of phosphoric ester groups is 1. The van der Waals surface area contributed by atoms with Gasteiger partial charge in [-0.15, -0.1) is 0 Å². The van der Waals surface area contributed by atoms with Gasteiger partial charge in [-0.1, -0.05) is 133 Å². The van der Waals surface area contributed by atoms with Crippen LogP contribution in [0.4, 0.5) is 0 Å². The highest BCUT2D eigenvalue weighted by molar-refractivity contribution is 7.47. The summed E-state index contributed by atoms with van der Waals surface area (Å²) in [5.74, 6) is -0.976. The monoisotopic (exact) mass is 728 g/mol. The van der Waals surface area contributed by atoms with E-state index in [1.54, 1.807) is 0 Å². The highest BCUT2D eigenvalue weighted by atomic mass is 31.2. The van der Waals surface area contributed by atoms with E-state index in [-0.39, 0.29) is 19.4 Å². The van der Waals surface area contributed by atoms with Gasteiger partial charge in [0.1, 0.15) is 12.7 Å². The summed E-state index contributed by atoms with van der Waals surface area (Å²) in [6, 6.07) is 0. The molecule has 0 heterocycles. The summed E-state index contributed by atoms with van der Waals surface area (Å²) in [5.41, 5.74) is 0. The van der Waals surface area contributed by atoms with Crippen LogP contribution < -0.4 is 0 Å². The summed E-state index contributed by atoms with van der Waals surface area (Å²) in [5, 5.41) is 18.3. The molecule has 0 aliphatic heterocycles. The van der Waals surface area contributed by atoms with Crippen LogP contribution in [0.5, 0.6) is 0 Å². The fraction of sp³-hybridized carbons (Fsp3) is 0.744. The second-order valence-corrected chi connectivity index (χ2v) is 14.0. The molecule has 0 aliphatic rings. The number of aliphatic hydroxyl groups excluding tert-OH is 2. The Hall–Kier alpha value is -2.07. The first-order valence-electron chi connectivity index (χ1n) is 19.1. The van der Waals surface area contributed by atoms with E-state index in [2.05, 4.69) is 67.0 Å². The molecule has 3 N–H and O–H groups in total. The Bertz CT molecular complexity index is 978. The lowest BCUT2D eigenvalue weighted by molar-refractivity contribution is -0.161. The molecule has 11 heteroatoms. The maximum Gasteiger partial charge on any atom is 0.472 e. The molecule has 0 saturated carbocycles. The van der Waals surface area contributed by atoms with Crippen LogP contribution in [0.15, 0.2) is 48.6 Å². The number of ether oxygens (including phenoxy) is 2. The van der Waals surface area contributed by atoms with Crippen molar-refractivity contribution in [2.24, 2.45) is 0 Å². The molecule has 0 fully saturated rings. The number of hydrogen-bond donors (Lipinski definition) is 3. The van der Waals surface area contributed by atoms with Crippen LogP contribution in [-0.4, -0.2) is 65.7 Å². The minimum absolute atomic E-state index is 0.132. The molecule has 0 spiro atoms. The number of unbranched alkanes of at least 4 members (excludes halogenated alkanes) is 13. The SMILES string of the molecule is CC/C=C/C/C=C/C/C=C/C/C=C/CCCCC(=O)O[C@H](COC(=O)CCCCCCCCCCCCCC)COP(=O)(O)OC[C@@H](O)CO. The minimum Gasteiger partial charge on any atom is -0.462 e. The summed E-state index contributed by atoms with van der Waals surface area (Å²) in [7, 11) is -4.62. The molecule has 0 radical (unpaired) electrons. The topological polar surface area (TPSA) is 149 Å². The quantitative estimate of drug-likeness (QED) is 0.0249. The number of phosphoric acid groups is 1. The summed E-state index contributed by atoms with van der Waals surface area (Å²) < 4.78 is 32.5. The van der Waals surface area contributed by atoms with Gasteiger partial charge < -0.3 is 24.6 Å². The number of allylic oxidation sites excluding steroid dienone is 8. The van der Waals surface area contributed by atoms with E-state index in [9.17, 15) is 24.2 Å². The van der Waals surface area contributed by atoms with Gasteiger partial charge in [0, 0.05) is 12.8 Å². The summed E-state index contributed by atoms with van der Waals surface area (Å²) in [6.45, 7) is 2.19. The van der Waals surface area contributed by atoms with Crippen LogP contribution in [0, 0.1) is 0 Å². The molecule has 0 aromatic carbocycles. The van der Waals surface area contributed by atoms with E-state index in [1.165, 1.54) is 51.4 Å². The number of hydrogen-bond acceptors (Lipinski definition) is 9. The highest BCUT2D eigenvalue weighted by Crippen LogP contribution is 2.43. The van der Waals surface area contributed by atoms with Crippen LogP contribution in [-0.2, 0) is 32.7 Å². The summed E-state index contributed by atoms with van der Waals surface area (Å²) in [6.07, 6.45) is 35.1. The minimum atomic E-state index is -4.62. The molecule has 0 amide bonds. The molecule has 50 heavy (non-hydrogen) atoms. The van der Waals surface area contributed by atoms with Crippen molar-refractivity contribution in [1.82, 2.24) is 0 Å². The van der Waals surface area contributed by atoms with Gasteiger partial charge in [0.25, 0.3) is 0 Å². The van der Waals surface area contributed by atoms with Crippen molar-refractivity contribution in [3.05, 3.63) is 48.6 Å². The van der Waals surface area contributed by atoms with Crippen LogP contribution in [0.2, 0.25) is 0 Å². The van der Waals surface area contributed by atoms with E-state index >= 15 is 0 Å². The Kier molecular flexibility index (Phi) is 33.9. The van der Waals surface area contributed by atoms with Crippen molar-refractivity contribution >= 4 is 19.8 Å². The van der Waals surface area contributed by atoms with Gasteiger partial charge in [-0.05, 0) is 51.4 Å². The number of rotatable bonds is 35. The smallest absolute Gasteiger partial charge is 0.462 e. The van der Waals surface area contributed by atoms with Gasteiger partial charge in [-0.3, -0.25) is 18.6 Å². The number of carbonyl (C=O) groups is 2. The first kappa shape index (κ1) is 47.9. The molecule has 0 aromatic heterocycles. The first-order chi connectivity index (χ1) is 24.2. The number of carbonyl (C=O) groups excluding carboxylic acids is 2. The van der Waals surface area contributed by atoms with Crippen LogP contribution in [0.1, 0.15) is 149 Å². The molecule has 290 valence electrons. The van der Waals surface area contributed by atoms with Gasteiger partial charge in [0.2, 0.25) is 0 Å². The fourth-order valence-corrected chi connectivity index (χ4v) is 5.60. The van der Waals surface area contributed by atoms with Gasteiger partial charge in [0.15, 0.2) is 6.10 Å². The molecule has 1 unspecified atom stereocenters. The third kappa shape index (κ3) is 34.4. The lowest BCUT2D eigenvalue weighted by atomic mass is 10.0. The Morgan fingerprint density at radius 3 is 1.66 bits per heavy atom. The van der Waals surface area contributed by atoms with Gasteiger partial charge in [-0.25, -0.2) is 4.57 Å². The predicted molar refractivity (Wildman–Crippen MR) is 201 cm³/mol. The molecule has 0 aliphatic carbocycles. The molecular weight excluding hydrogens is 659 g/mol. The van der Waals surface area contributed by atoms with Crippen LogP contribution in [0.25, 0.3) is 0 Å². The first-order valence-corrected chi connectivity index (χ1v) is 20.6. The predicted octanol–water partition coefficient (Wildman–Crippen LogP) is 9.38. The maximum absolute atomic E-state index is 12.5. The van der Waals surface area contributed by atoms with Gasteiger partial charge in [0.05, 0.1) is 19.8 Å². The van der Waals surface area contributed by atoms with Crippen molar-refractivity contribution in [1.29, 1.82) is 0 Å². The standard InChI is InChI=1S/C39H69O10P/c1-3-5-7-9-11-13-15-17-18-19-21-23-25-27-29-31-39(43)49-37(35-48-50(44,45)47-33-36(41)32-40)34-46-38(42)30-28-26-24-22-20-16-14-12-10-8-6-4-2/h5,7,11,13,17-18,21,23,36-37,40-41H,3-4,6,8-10,12,14-16,19-20,22,24-35H2,1-2H3,(H,44,45)/b7-5+,13-11+,18-17+,23-21+/t36-,37+/m0/s1. The molecule has 0 saturated heterocycles. The van der Waals surface area contributed by atoms with Crippen molar-refractivity contribution < 1.29 is 47.8 Å². The van der Waals surface area contributed by atoms with Crippen molar-refractivity contribution in [3.63, 3.8) is 0 Å². The zero-order valence-corrected chi connectivity index (χ0v) is 32.0. The number of esters is 2. The molecule has 0 rings (SSSR count). The zero-order valence-electron chi connectivity index (χ0n) is 31.1. The van der Waals surface area contributed by atoms with Crippen LogP contribution >= 0.6 is 7.82 Å². The third-order valence-electron chi connectivity index (χ3n) is 7.75. The van der Waals surface area contributed by atoms with E-state index in [1.807, 2.05) is 0 Å². The normalized spacial score (nSPS) is 14.6. The Morgan fingerprint density at radius 1 is 0.620 bits per heavy atom. The van der Waals surface area contributed by atoms with Crippen molar-refractivity contribution in [2.45, 2.75) is 161 Å². The lowest BCUT2D eigenvalue weighted by Gasteiger charge is -2.20. The zero-order chi connectivity index (χ0) is 37.0. The average Bonchev–Trinajstić information content (AvgIpc) is 3.10. The maximum atomic E-state index is 12.5. The Morgan fingerprint density at radius 2 is 1.10 bits per heavy atom. The van der Waals surface area contributed by atoms with Crippen molar-refractivity contribution in [2.75, 3.05) is 26.4 Å². The molecule has 0 bridgehead atoms. The lowest BCUT2D eigenvalue weighted by Crippen LogP contribution is -2.29. The van der Waals surface area contributed by atoms with Gasteiger partial charge >= 0.3 is 19.8 Å². The van der Waals surface area contributed by atoms with Gasteiger partial charge in [-0.2, -0.15) is 0 Å². The Labute approximate surface area is 303 Å².